The fraction of sp³-hybridized carbons (Fsp3) is 0.286. The molecule has 0 unspecified atom stereocenters. The molecule has 4 rings (SSSR count). The molecule has 0 bridgehead atoms. The van der Waals surface area contributed by atoms with Crippen LogP contribution in [0.4, 0.5) is 0 Å². The Labute approximate surface area is 162 Å². The van der Waals surface area contributed by atoms with E-state index in [4.69, 9.17) is 4.42 Å². The van der Waals surface area contributed by atoms with Crippen LogP contribution >= 0.6 is 0 Å². The van der Waals surface area contributed by atoms with Gasteiger partial charge < -0.3 is 14.6 Å². The topological polar surface area (TPSA) is 80.4 Å². The molecule has 0 atom stereocenters. The Hall–Kier alpha value is -3.35. The lowest BCUT2D eigenvalue weighted by Crippen LogP contribution is -2.30. The third-order valence-electron chi connectivity index (χ3n) is 4.67. The van der Waals surface area contributed by atoms with Crippen molar-refractivity contribution in [1.29, 1.82) is 0 Å². The summed E-state index contributed by atoms with van der Waals surface area (Å²) in [6.07, 6.45) is 6.96. The smallest absolute Gasteiger partial charge is 0.257 e. The monoisotopic (exact) mass is 378 g/mol. The summed E-state index contributed by atoms with van der Waals surface area (Å²) in [5.74, 6) is 0.533. The largest absolute Gasteiger partial charge is 0.467 e. The van der Waals surface area contributed by atoms with Crippen LogP contribution < -0.4 is 5.32 Å². The minimum Gasteiger partial charge on any atom is -0.467 e. The van der Waals surface area contributed by atoms with Crippen LogP contribution in [0, 0.1) is 0 Å². The molecule has 0 spiro atoms. The van der Waals surface area contributed by atoms with E-state index in [-0.39, 0.29) is 11.8 Å². The number of nitrogens with zero attached hydrogens (tertiary/aromatic N) is 3. The quantitative estimate of drug-likeness (QED) is 0.686. The SMILES string of the molecule is Cn1cc(C(=O)N(Cc2ccc(C(=O)NC3CC3)cc2)Cc2ccco2)cn1. The van der Waals surface area contributed by atoms with Crippen molar-refractivity contribution in [2.24, 2.45) is 7.05 Å². The molecule has 28 heavy (non-hydrogen) atoms. The van der Waals surface area contributed by atoms with Crippen LogP contribution in [0.1, 0.15) is 44.9 Å². The second-order valence-corrected chi connectivity index (χ2v) is 7.09. The Morgan fingerprint density at radius 3 is 2.57 bits per heavy atom. The second kappa shape index (κ2) is 7.72. The summed E-state index contributed by atoms with van der Waals surface area (Å²) in [4.78, 5) is 26.8. The first-order chi connectivity index (χ1) is 13.6. The molecule has 1 aliphatic rings. The Morgan fingerprint density at radius 2 is 1.96 bits per heavy atom. The predicted molar refractivity (Wildman–Crippen MR) is 102 cm³/mol. The molecular weight excluding hydrogens is 356 g/mol. The van der Waals surface area contributed by atoms with Gasteiger partial charge in [-0.25, -0.2) is 0 Å². The van der Waals surface area contributed by atoms with E-state index in [1.807, 2.05) is 18.2 Å². The van der Waals surface area contributed by atoms with Gasteiger partial charge in [-0.05, 0) is 42.7 Å². The number of aromatic nitrogens is 2. The van der Waals surface area contributed by atoms with Gasteiger partial charge in [0.15, 0.2) is 0 Å². The second-order valence-electron chi connectivity index (χ2n) is 7.09. The van der Waals surface area contributed by atoms with Gasteiger partial charge in [-0.2, -0.15) is 5.10 Å². The zero-order chi connectivity index (χ0) is 19.5. The maximum Gasteiger partial charge on any atom is 0.257 e. The number of hydrogen-bond acceptors (Lipinski definition) is 4. The number of aryl methyl sites for hydroxylation is 1. The standard InChI is InChI=1S/C21H22N4O3/c1-24-13-17(11-22-24)21(27)25(14-19-3-2-10-28-19)12-15-4-6-16(7-5-15)20(26)23-18-8-9-18/h2-7,10-11,13,18H,8-9,12,14H2,1H3,(H,23,26). The van der Waals surface area contributed by atoms with Gasteiger partial charge in [-0.3, -0.25) is 14.3 Å². The zero-order valence-electron chi connectivity index (χ0n) is 15.7. The molecule has 0 saturated heterocycles. The third-order valence-corrected chi connectivity index (χ3v) is 4.67. The van der Waals surface area contributed by atoms with Gasteiger partial charge in [0.2, 0.25) is 0 Å². The van der Waals surface area contributed by atoms with E-state index in [0.29, 0.717) is 36.0 Å². The van der Waals surface area contributed by atoms with Crippen LogP contribution in [-0.4, -0.2) is 32.5 Å². The zero-order valence-corrected chi connectivity index (χ0v) is 15.7. The van der Waals surface area contributed by atoms with Crippen molar-refractivity contribution >= 4 is 11.8 Å². The maximum absolute atomic E-state index is 13.0. The molecule has 1 N–H and O–H groups in total. The number of benzene rings is 1. The summed E-state index contributed by atoms with van der Waals surface area (Å²) in [6.45, 7) is 0.754. The van der Waals surface area contributed by atoms with Crippen molar-refractivity contribution in [2.45, 2.75) is 32.0 Å². The van der Waals surface area contributed by atoms with Gasteiger partial charge in [-0.15, -0.1) is 0 Å². The summed E-state index contributed by atoms with van der Waals surface area (Å²) >= 11 is 0. The van der Waals surface area contributed by atoms with Gasteiger partial charge in [0.05, 0.1) is 24.6 Å². The van der Waals surface area contributed by atoms with Gasteiger partial charge in [0.25, 0.3) is 11.8 Å². The molecule has 0 radical (unpaired) electrons. The number of furan rings is 1. The van der Waals surface area contributed by atoms with E-state index in [1.54, 1.807) is 53.5 Å². The summed E-state index contributed by atoms with van der Waals surface area (Å²) in [5.41, 5.74) is 2.09. The third kappa shape index (κ3) is 4.31. The lowest BCUT2D eigenvalue weighted by atomic mass is 10.1. The first kappa shape index (κ1) is 18.0. The highest BCUT2D eigenvalue weighted by Gasteiger charge is 2.24. The fourth-order valence-electron chi connectivity index (χ4n) is 2.98. The minimum absolute atomic E-state index is 0.0482. The van der Waals surface area contributed by atoms with Gasteiger partial charge in [0, 0.05) is 31.4 Å². The lowest BCUT2D eigenvalue weighted by Gasteiger charge is -2.21. The molecule has 1 aromatic carbocycles. The van der Waals surface area contributed by atoms with E-state index in [1.165, 1.54) is 0 Å². The molecule has 0 aliphatic heterocycles. The molecule has 1 fully saturated rings. The summed E-state index contributed by atoms with van der Waals surface area (Å²) in [6, 6.07) is 11.3. The number of rotatable bonds is 7. The van der Waals surface area contributed by atoms with Crippen LogP contribution in [0.15, 0.2) is 59.5 Å². The van der Waals surface area contributed by atoms with Crippen LogP contribution in [0.2, 0.25) is 0 Å². The normalized spacial score (nSPS) is 13.3. The minimum atomic E-state index is -0.125. The Kier molecular flexibility index (Phi) is 4.97. The van der Waals surface area contributed by atoms with E-state index in [2.05, 4.69) is 10.4 Å². The van der Waals surface area contributed by atoms with Gasteiger partial charge in [0.1, 0.15) is 5.76 Å². The summed E-state index contributed by atoms with van der Waals surface area (Å²) in [7, 11) is 1.78. The molecule has 144 valence electrons. The molecule has 2 amide bonds. The highest BCUT2D eigenvalue weighted by Crippen LogP contribution is 2.20. The first-order valence-corrected chi connectivity index (χ1v) is 9.28. The molecule has 3 aromatic rings. The van der Waals surface area contributed by atoms with Crippen molar-refractivity contribution in [3.63, 3.8) is 0 Å². The average molecular weight is 378 g/mol. The van der Waals surface area contributed by atoms with E-state index in [9.17, 15) is 9.59 Å². The van der Waals surface area contributed by atoms with Crippen molar-refractivity contribution in [1.82, 2.24) is 20.0 Å². The van der Waals surface area contributed by atoms with E-state index in [0.717, 1.165) is 18.4 Å². The highest BCUT2D eigenvalue weighted by molar-refractivity contribution is 5.95. The molecule has 1 aliphatic carbocycles. The molecule has 2 heterocycles. The Balaban J connectivity index is 1.49. The first-order valence-electron chi connectivity index (χ1n) is 9.28. The molecule has 1 saturated carbocycles. The Bertz CT molecular complexity index is 956. The van der Waals surface area contributed by atoms with Crippen LogP contribution in [0.5, 0.6) is 0 Å². The van der Waals surface area contributed by atoms with Crippen molar-refractivity contribution in [3.05, 3.63) is 77.5 Å². The molecular formula is C21H22N4O3. The predicted octanol–water partition coefficient (Wildman–Crippen LogP) is 2.75. The van der Waals surface area contributed by atoms with Crippen molar-refractivity contribution in [3.8, 4) is 0 Å². The number of hydrogen-bond donors (Lipinski definition) is 1. The number of carbonyl (C=O) groups excluding carboxylic acids is 2. The Morgan fingerprint density at radius 1 is 1.18 bits per heavy atom. The molecule has 7 nitrogen and oxygen atoms in total. The van der Waals surface area contributed by atoms with Gasteiger partial charge >= 0.3 is 0 Å². The van der Waals surface area contributed by atoms with Crippen molar-refractivity contribution < 1.29 is 14.0 Å². The average Bonchev–Trinajstić information content (AvgIpc) is 3.16. The van der Waals surface area contributed by atoms with E-state index >= 15 is 0 Å². The van der Waals surface area contributed by atoms with E-state index < -0.39 is 0 Å². The number of nitrogens with one attached hydrogen (secondary N) is 1. The van der Waals surface area contributed by atoms with Crippen LogP contribution in [0.25, 0.3) is 0 Å². The number of amides is 2. The van der Waals surface area contributed by atoms with Crippen LogP contribution in [-0.2, 0) is 20.1 Å². The lowest BCUT2D eigenvalue weighted by molar-refractivity contribution is 0.0717. The highest BCUT2D eigenvalue weighted by atomic mass is 16.3. The van der Waals surface area contributed by atoms with Crippen molar-refractivity contribution in [2.75, 3.05) is 0 Å². The van der Waals surface area contributed by atoms with Crippen LogP contribution in [0.3, 0.4) is 0 Å². The van der Waals surface area contributed by atoms with Gasteiger partial charge in [-0.1, -0.05) is 12.1 Å². The fourth-order valence-corrected chi connectivity index (χ4v) is 2.98. The summed E-state index contributed by atoms with van der Waals surface area (Å²) in [5, 5.41) is 7.06. The number of carbonyl (C=O) groups is 2. The summed E-state index contributed by atoms with van der Waals surface area (Å²) < 4.78 is 7.02. The molecule has 2 aromatic heterocycles. The molecule has 7 heteroatoms. The maximum atomic E-state index is 13.0.